The zero-order valence-electron chi connectivity index (χ0n) is 15.0. The Kier molecular flexibility index (Phi) is 7.91. The molecule has 1 amide bonds. The molecule has 1 unspecified atom stereocenters. The van der Waals surface area contributed by atoms with E-state index in [4.69, 9.17) is 14.2 Å². The van der Waals surface area contributed by atoms with E-state index in [9.17, 15) is 14.4 Å². The van der Waals surface area contributed by atoms with E-state index >= 15 is 0 Å². The fourth-order valence-electron chi connectivity index (χ4n) is 1.85. The quantitative estimate of drug-likeness (QED) is 0.724. The Balaban J connectivity index is 2.61. The van der Waals surface area contributed by atoms with Crippen molar-refractivity contribution in [3.8, 4) is 5.75 Å². The highest BCUT2D eigenvalue weighted by molar-refractivity contribution is 5.89. The smallest absolute Gasteiger partial charge is 0.408 e. The van der Waals surface area contributed by atoms with Crippen LogP contribution >= 0.6 is 0 Å². The summed E-state index contributed by atoms with van der Waals surface area (Å²) in [5, 5.41) is 2.38. The summed E-state index contributed by atoms with van der Waals surface area (Å²) in [6.07, 6.45) is -1.03. The Morgan fingerprint density at radius 3 is 2.32 bits per heavy atom. The number of amides is 1. The first kappa shape index (κ1) is 20.5. The van der Waals surface area contributed by atoms with E-state index in [1.165, 1.54) is 0 Å². The van der Waals surface area contributed by atoms with Crippen LogP contribution in [0.4, 0.5) is 4.79 Å². The summed E-state index contributed by atoms with van der Waals surface area (Å²) in [5.74, 6) is -0.497. The molecule has 0 aliphatic rings. The van der Waals surface area contributed by atoms with Gasteiger partial charge in [0.25, 0.3) is 0 Å². The lowest BCUT2D eigenvalue weighted by Gasteiger charge is -2.22. The highest BCUT2D eigenvalue weighted by Crippen LogP contribution is 2.10. The highest BCUT2D eigenvalue weighted by atomic mass is 16.6. The summed E-state index contributed by atoms with van der Waals surface area (Å²) >= 11 is 0. The van der Waals surface area contributed by atoms with Gasteiger partial charge in [0.1, 0.15) is 24.0 Å². The SMILES string of the molecule is CCOC(=O)C(CC(=O)COc1ccccc1)NC(=O)OC(C)(C)C. The van der Waals surface area contributed by atoms with Crippen LogP contribution in [0.15, 0.2) is 30.3 Å². The van der Waals surface area contributed by atoms with Gasteiger partial charge in [0.2, 0.25) is 0 Å². The lowest BCUT2D eigenvalue weighted by atomic mass is 10.1. The lowest BCUT2D eigenvalue weighted by molar-refractivity contribution is -0.147. The third-order valence-electron chi connectivity index (χ3n) is 2.84. The van der Waals surface area contributed by atoms with Gasteiger partial charge in [0.05, 0.1) is 6.61 Å². The number of alkyl carbamates (subject to hydrolysis) is 1. The van der Waals surface area contributed by atoms with Crippen molar-refractivity contribution in [1.29, 1.82) is 0 Å². The van der Waals surface area contributed by atoms with Crippen LogP contribution in [0.5, 0.6) is 5.75 Å². The monoisotopic (exact) mass is 351 g/mol. The van der Waals surface area contributed by atoms with Crippen molar-refractivity contribution < 1.29 is 28.6 Å². The van der Waals surface area contributed by atoms with Crippen molar-refractivity contribution >= 4 is 17.8 Å². The first-order valence-corrected chi connectivity index (χ1v) is 8.07. The predicted molar refractivity (Wildman–Crippen MR) is 91.4 cm³/mol. The maximum absolute atomic E-state index is 12.1. The summed E-state index contributed by atoms with van der Waals surface area (Å²) in [7, 11) is 0. The summed E-state index contributed by atoms with van der Waals surface area (Å²) in [5.41, 5.74) is -0.719. The van der Waals surface area contributed by atoms with Crippen LogP contribution in [0.25, 0.3) is 0 Å². The molecule has 0 heterocycles. The number of rotatable bonds is 8. The van der Waals surface area contributed by atoms with Crippen LogP contribution in [-0.2, 0) is 19.1 Å². The predicted octanol–water partition coefficient (Wildman–Crippen LogP) is 2.48. The van der Waals surface area contributed by atoms with Gasteiger partial charge in [-0.3, -0.25) is 4.79 Å². The molecule has 0 aromatic heterocycles. The molecule has 138 valence electrons. The Bertz CT molecular complexity index is 579. The second kappa shape index (κ2) is 9.66. The molecule has 0 aliphatic heterocycles. The van der Waals surface area contributed by atoms with Crippen LogP contribution < -0.4 is 10.1 Å². The molecule has 25 heavy (non-hydrogen) atoms. The number of ketones is 1. The topological polar surface area (TPSA) is 90.9 Å². The maximum Gasteiger partial charge on any atom is 0.408 e. The molecule has 7 heteroatoms. The van der Waals surface area contributed by atoms with Crippen LogP contribution in [0.3, 0.4) is 0 Å². The third-order valence-corrected chi connectivity index (χ3v) is 2.84. The van der Waals surface area contributed by atoms with Gasteiger partial charge in [-0.25, -0.2) is 9.59 Å². The molecule has 1 N–H and O–H groups in total. The van der Waals surface area contributed by atoms with E-state index in [-0.39, 0.29) is 25.4 Å². The van der Waals surface area contributed by atoms with E-state index in [2.05, 4.69) is 5.32 Å². The third kappa shape index (κ3) is 8.74. The van der Waals surface area contributed by atoms with E-state index < -0.39 is 23.7 Å². The van der Waals surface area contributed by atoms with Crippen molar-refractivity contribution in [3.05, 3.63) is 30.3 Å². The summed E-state index contributed by atoms with van der Waals surface area (Å²) < 4.78 is 15.4. The Labute approximate surface area is 147 Å². The molecule has 1 atom stereocenters. The first-order valence-electron chi connectivity index (χ1n) is 8.07. The van der Waals surface area contributed by atoms with Gasteiger partial charge < -0.3 is 19.5 Å². The fourth-order valence-corrected chi connectivity index (χ4v) is 1.85. The van der Waals surface area contributed by atoms with Crippen molar-refractivity contribution in [3.63, 3.8) is 0 Å². The number of benzene rings is 1. The number of Topliss-reactive ketones (excluding diaryl/α,β-unsaturated/α-hetero) is 1. The number of nitrogens with one attached hydrogen (secondary N) is 1. The summed E-state index contributed by atoms with van der Waals surface area (Å²) in [6.45, 7) is 6.67. The Morgan fingerprint density at radius 1 is 1.12 bits per heavy atom. The molecular formula is C18H25NO6. The number of ether oxygens (including phenoxy) is 3. The van der Waals surface area contributed by atoms with Gasteiger partial charge in [0.15, 0.2) is 5.78 Å². The molecular weight excluding hydrogens is 326 g/mol. The highest BCUT2D eigenvalue weighted by Gasteiger charge is 2.27. The first-order chi connectivity index (χ1) is 11.7. The zero-order valence-corrected chi connectivity index (χ0v) is 15.0. The molecule has 0 saturated carbocycles. The van der Waals surface area contributed by atoms with Gasteiger partial charge in [-0.2, -0.15) is 0 Å². The van der Waals surface area contributed by atoms with Gasteiger partial charge >= 0.3 is 12.1 Å². The van der Waals surface area contributed by atoms with Crippen molar-refractivity contribution in [2.45, 2.75) is 45.8 Å². The number of carbonyl (C=O) groups is 3. The second-order valence-electron chi connectivity index (χ2n) is 6.30. The Morgan fingerprint density at radius 2 is 1.76 bits per heavy atom. The van der Waals surface area contributed by atoms with E-state index in [1.807, 2.05) is 6.07 Å². The maximum atomic E-state index is 12.1. The van der Waals surface area contributed by atoms with Crippen LogP contribution in [0, 0.1) is 0 Å². The molecule has 1 aromatic carbocycles. The number of carbonyl (C=O) groups excluding carboxylic acids is 3. The van der Waals surface area contributed by atoms with Crippen molar-refractivity contribution in [2.75, 3.05) is 13.2 Å². The minimum atomic E-state index is -1.12. The number of esters is 1. The molecule has 7 nitrogen and oxygen atoms in total. The minimum Gasteiger partial charge on any atom is -0.486 e. The lowest BCUT2D eigenvalue weighted by Crippen LogP contribution is -2.45. The van der Waals surface area contributed by atoms with Crippen LogP contribution in [-0.4, -0.2) is 42.7 Å². The molecule has 0 spiro atoms. The average molecular weight is 351 g/mol. The molecule has 1 aromatic rings. The van der Waals surface area contributed by atoms with Crippen molar-refractivity contribution in [2.24, 2.45) is 0 Å². The average Bonchev–Trinajstić information content (AvgIpc) is 2.51. The summed E-state index contributed by atoms with van der Waals surface area (Å²) in [6, 6.07) is 7.71. The number of hydrogen-bond donors (Lipinski definition) is 1. The minimum absolute atomic E-state index is 0.139. The Hall–Kier alpha value is -2.57. The van der Waals surface area contributed by atoms with Crippen molar-refractivity contribution in [1.82, 2.24) is 5.32 Å². The van der Waals surface area contributed by atoms with Gasteiger partial charge in [-0.1, -0.05) is 18.2 Å². The zero-order chi connectivity index (χ0) is 18.9. The number of hydrogen-bond acceptors (Lipinski definition) is 6. The van der Waals surface area contributed by atoms with Gasteiger partial charge in [0, 0.05) is 6.42 Å². The van der Waals surface area contributed by atoms with E-state index in [1.54, 1.807) is 52.0 Å². The van der Waals surface area contributed by atoms with Crippen LogP contribution in [0.1, 0.15) is 34.1 Å². The van der Waals surface area contributed by atoms with Gasteiger partial charge in [-0.05, 0) is 39.8 Å². The molecule has 0 fully saturated rings. The fraction of sp³-hybridized carbons (Fsp3) is 0.500. The number of para-hydroxylation sites is 1. The molecule has 1 rings (SSSR count). The molecule has 0 radical (unpaired) electrons. The molecule has 0 aliphatic carbocycles. The normalized spacial score (nSPS) is 12.0. The standard InChI is InChI=1S/C18H25NO6/c1-5-23-16(21)15(19-17(22)25-18(2,3)4)11-13(20)12-24-14-9-7-6-8-10-14/h6-10,15H,5,11-12H2,1-4H3,(H,19,22). The summed E-state index contributed by atoms with van der Waals surface area (Å²) in [4.78, 5) is 35.9. The molecule has 0 saturated heterocycles. The van der Waals surface area contributed by atoms with Crippen LogP contribution in [0.2, 0.25) is 0 Å². The van der Waals surface area contributed by atoms with E-state index in [0.717, 1.165) is 0 Å². The molecule has 0 bridgehead atoms. The van der Waals surface area contributed by atoms with E-state index in [0.29, 0.717) is 5.75 Å². The largest absolute Gasteiger partial charge is 0.486 e. The van der Waals surface area contributed by atoms with Gasteiger partial charge in [-0.15, -0.1) is 0 Å². The second-order valence-corrected chi connectivity index (χ2v) is 6.30.